The van der Waals surface area contributed by atoms with Crippen molar-refractivity contribution >= 4 is 24.1 Å². The minimum atomic E-state index is -0.305. The summed E-state index contributed by atoms with van der Waals surface area (Å²) in [6.45, 7) is 1.97. The molecule has 1 aliphatic heterocycles. The van der Waals surface area contributed by atoms with Crippen molar-refractivity contribution in [2.75, 3.05) is 7.11 Å². The molecule has 2 aliphatic carbocycles. The minimum absolute atomic E-state index is 0.170. The molecule has 0 aromatic carbocycles. The molecule has 1 saturated carbocycles. The van der Waals surface area contributed by atoms with Crippen molar-refractivity contribution in [2.45, 2.75) is 31.5 Å². The van der Waals surface area contributed by atoms with Crippen LogP contribution in [0.25, 0.3) is 0 Å². The van der Waals surface area contributed by atoms with Gasteiger partial charge in [0.05, 0.1) is 19.2 Å². The third-order valence-electron chi connectivity index (χ3n) is 5.49. The van der Waals surface area contributed by atoms with E-state index in [9.17, 15) is 0 Å². The third kappa shape index (κ3) is 4.02. The van der Waals surface area contributed by atoms with Crippen molar-refractivity contribution in [1.82, 2.24) is 15.7 Å². The standard InChI is InChI=1S/C21H25N7O/c1-3-17(22)18-19(27-21-10-15(21)4-5-16(11-21)29-2)24-13-25-20(18)28-26-12-14-6-8-23-9-7-14/h4-9,11-13,15,18-19,22,27H,3,10H2,1-2H3,(H,24,25,28)/b22-17?,26-12+. The molecular weight excluding hydrogens is 366 g/mol. The number of aromatic nitrogens is 1. The van der Waals surface area contributed by atoms with Gasteiger partial charge in [-0.1, -0.05) is 13.0 Å². The monoisotopic (exact) mass is 391 g/mol. The summed E-state index contributed by atoms with van der Waals surface area (Å²) < 4.78 is 5.41. The summed E-state index contributed by atoms with van der Waals surface area (Å²) >= 11 is 0. The van der Waals surface area contributed by atoms with Gasteiger partial charge in [0.1, 0.15) is 24.1 Å². The Morgan fingerprint density at radius 1 is 1.41 bits per heavy atom. The first-order chi connectivity index (χ1) is 14.1. The maximum absolute atomic E-state index is 8.51. The number of allylic oxidation sites excluding steroid dienone is 1. The zero-order chi connectivity index (χ0) is 20.3. The first-order valence-corrected chi connectivity index (χ1v) is 9.73. The molecule has 0 bridgehead atoms. The molecule has 4 rings (SSSR count). The summed E-state index contributed by atoms with van der Waals surface area (Å²) in [5, 5.41) is 16.5. The van der Waals surface area contributed by atoms with E-state index in [0.717, 1.165) is 17.7 Å². The van der Waals surface area contributed by atoms with E-state index in [-0.39, 0.29) is 17.6 Å². The number of methoxy groups -OCH3 is 1. The lowest BCUT2D eigenvalue weighted by Crippen LogP contribution is -2.52. The maximum atomic E-state index is 8.51. The average molecular weight is 391 g/mol. The number of ether oxygens (including phenoxy) is 1. The van der Waals surface area contributed by atoms with Gasteiger partial charge in [-0.25, -0.2) is 4.99 Å². The van der Waals surface area contributed by atoms with Crippen molar-refractivity contribution in [3.8, 4) is 0 Å². The summed E-state index contributed by atoms with van der Waals surface area (Å²) in [7, 11) is 1.68. The Bertz CT molecular complexity index is 918. The molecule has 0 spiro atoms. The lowest BCUT2D eigenvalue weighted by molar-refractivity contribution is 0.297. The van der Waals surface area contributed by atoms with E-state index in [1.54, 1.807) is 25.7 Å². The molecule has 1 fully saturated rings. The lowest BCUT2D eigenvalue weighted by Gasteiger charge is -2.31. The van der Waals surface area contributed by atoms with Crippen LogP contribution in [0.15, 0.2) is 63.6 Å². The molecule has 0 radical (unpaired) electrons. The lowest BCUT2D eigenvalue weighted by atomic mass is 9.94. The van der Waals surface area contributed by atoms with E-state index in [4.69, 9.17) is 10.1 Å². The smallest absolute Gasteiger partial charge is 0.136 e. The van der Waals surface area contributed by atoms with E-state index < -0.39 is 0 Å². The Morgan fingerprint density at radius 2 is 2.24 bits per heavy atom. The molecule has 29 heavy (non-hydrogen) atoms. The van der Waals surface area contributed by atoms with Crippen LogP contribution in [0.4, 0.5) is 0 Å². The van der Waals surface area contributed by atoms with Crippen LogP contribution >= 0.6 is 0 Å². The number of hydrogen-bond donors (Lipinski definition) is 3. The van der Waals surface area contributed by atoms with Crippen LogP contribution in [-0.2, 0) is 4.74 Å². The van der Waals surface area contributed by atoms with E-state index in [1.165, 1.54) is 6.34 Å². The van der Waals surface area contributed by atoms with Crippen LogP contribution in [0.3, 0.4) is 0 Å². The van der Waals surface area contributed by atoms with Crippen molar-refractivity contribution in [3.63, 3.8) is 0 Å². The fourth-order valence-electron chi connectivity index (χ4n) is 3.73. The predicted molar refractivity (Wildman–Crippen MR) is 114 cm³/mol. The molecule has 150 valence electrons. The van der Waals surface area contributed by atoms with Crippen LogP contribution in [0.5, 0.6) is 0 Å². The van der Waals surface area contributed by atoms with E-state index in [0.29, 0.717) is 23.9 Å². The molecular formula is C21H25N7O. The first-order valence-electron chi connectivity index (χ1n) is 9.73. The van der Waals surface area contributed by atoms with Gasteiger partial charge in [-0.05, 0) is 42.7 Å². The van der Waals surface area contributed by atoms with Gasteiger partial charge in [0.15, 0.2) is 0 Å². The zero-order valence-electron chi connectivity index (χ0n) is 16.5. The summed E-state index contributed by atoms with van der Waals surface area (Å²) in [6.07, 6.45) is 14.3. The number of pyridine rings is 1. The van der Waals surface area contributed by atoms with E-state index >= 15 is 0 Å². The Hall–Kier alpha value is -3.13. The molecule has 3 aliphatic rings. The van der Waals surface area contributed by atoms with E-state index in [2.05, 4.69) is 43.0 Å². The summed E-state index contributed by atoms with van der Waals surface area (Å²) in [5.74, 6) is 1.58. The van der Waals surface area contributed by atoms with Crippen molar-refractivity contribution in [2.24, 2.45) is 26.9 Å². The first kappa shape index (κ1) is 19.2. The summed E-state index contributed by atoms with van der Waals surface area (Å²) in [5.41, 5.74) is 4.34. The molecule has 4 atom stereocenters. The van der Waals surface area contributed by atoms with Gasteiger partial charge < -0.3 is 10.1 Å². The number of hydrazone groups is 1. The highest BCUT2D eigenvalue weighted by Crippen LogP contribution is 2.49. The largest absolute Gasteiger partial charge is 0.497 e. The molecule has 0 saturated heterocycles. The van der Waals surface area contributed by atoms with E-state index in [1.807, 2.05) is 25.1 Å². The summed E-state index contributed by atoms with van der Waals surface area (Å²) in [4.78, 5) is 12.9. The second-order valence-electron chi connectivity index (χ2n) is 7.34. The highest BCUT2D eigenvalue weighted by Gasteiger charge is 2.55. The molecule has 8 nitrogen and oxygen atoms in total. The Labute approximate surface area is 170 Å². The second kappa shape index (κ2) is 8.08. The van der Waals surface area contributed by atoms with Gasteiger partial charge in [0.25, 0.3) is 0 Å². The van der Waals surface area contributed by atoms with Crippen LogP contribution in [-0.4, -0.2) is 47.9 Å². The molecule has 8 heteroatoms. The summed E-state index contributed by atoms with van der Waals surface area (Å²) in [6, 6.07) is 3.74. The van der Waals surface area contributed by atoms with Crippen LogP contribution in [0, 0.1) is 17.2 Å². The second-order valence-corrected chi connectivity index (χ2v) is 7.34. The highest BCUT2D eigenvalue weighted by molar-refractivity contribution is 6.09. The Morgan fingerprint density at radius 3 is 3.00 bits per heavy atom. The minimum Gasteiger partial charge on any atom is -0.497 e. The van der Waals surface area contributed by atoms with Gasteiger partial charge in [-0.15, -0.1) is 0 Å². The van der Waals surface area contributed by atoms with Crippen LogP contribution < -0.4 is 10.7 Å². The number of hydrogen-bond acceptors (Lipinski definition) is 8. The number of nitrogens with one attached hydrogen (secondary N) is 3. The quantitative estimate of drug-likeness (QED) is 0.489. The zero-order valence-corrected chi connectivity index (χ0v) is 16.5. The van der Waals surface area contributed by atoms with Gasteiger partial charge in [0.2, 0.25) is 0 Å². The SMILES string of the molecule is CCC(=N)C1C(N/N=C/c2ccncc2)=NC=NC1NC12C=C(OC)C=CC1C2. The van der Waals surface area contributed by atoms with Crippen molar-refractivity contribution in [1.29, 1.82) is 5.41 Å². The topological polar surface area (TPSA) is 107 Å². The number of fused-ring (bicyclic) bond motifs is 1. The molecule has 3 N–H and O–H groups in total. The van der Waals surface area contributed by atoms with Crippen LogP contribution in [0.2, 0.25) is 0 Å². The molecule has 1 aromatic rings. The molecule has 0 amide bonds. The van der Waals surface area contributed by atoms with Crippen molar-refractivity contribution in [3.05, 3.63) is 54.1 Å². The molecule has 2 heterocycles. The number of amidine groups is 1. The maximum Gasteiger partial charge on any atom is 0.136 e. The van der Waals surface area contributed by atoms with Gasteiger partial charge in [-0.2, -0.15) is 5.10 Å². The molecule has 1 aromatic heterocycles. The Balaban J connectivity index is 1.50. The van der Waals surface area contributed by atoms with Crippen molar-refractivity contribution < 1.29 is 4.74 Å². The average Bonchev–Trinajstić information content (AvgIpc) is 3.47. The highest BCUT2D eigenvalue weighted by atomic mass is 16.5. The molecule has 4 unspecified atom stereocenters. The number of aliphatic imine (C=N–C) groups is 2. The fraction of sp³-hybridized carbons (Fsp3) is 0.381. The van der Waals surface area contributed by atoms with Gasteiger partial charge >= 0.3 is 0 Å². The van der Waals surface area contributed by atoms with Crippen LogP contribution in [0.1, 0.15) is 25.3 Å². The fourth-order valence-corrected chi connectivity index (χ4v) is 3.73. The number of nitrogens with zero attached hydrogens (tertiary/aromatic N) is 4. The number of rotatable bonds is 7. The van der Waals surface area contributed by atoms with Gasteiger partial charge in [-0.3, -0.25) is 20.7 Å². The Kier molecular flexibility index (Phi) is 5.35. The normalized spacial score (nSPS) is 29.8. The van der Waals surface area contributed by atoms with Gasteiger partial charge in [0, 0.05) is 29.6 Å². The third-order valence-corrected chi connectivity index (χ3v) is 5.49. The predicted octanol–water partition coefficient (Wildman–Crippen LogP) is 2.27.